The van der Waals surface area contributed by atoms with Gasteiger partial charge in [-0.3, -0.25) is 4.79 Å². The number of hydrogen-bond acceptors (Lipinski definition) is 2. The molecule has 74 valence electrons. The maximum absolute atomic E-state index is 11.6. The van der Waals surface area contributed by atoms with E-state index in [9.17, 15) is 4.79 Å². The van der Waals surface area contributed by atoms with Crippen LogP contribution in [-0.4, -0.2) is 5.91 Å². The third kappa shape index (κ3) is 1.21. The second kappa shape index (κ2) is 2.82. The van der Waals surface area contributed by atoms with E-state index >= 15 is 0 Å². The first-order chi connectivity index (χ1) is 6.54. The summed E-state index contributed by atoms with van der Waals surface area (Å²) in [6.45, 7) is 4.47. The van der Waals surface area contributed by atoms with Crippen LogP contribution in [0.4, 0.5) is 0 Å². The Balaban J connectivity index is 2.58. The van der Waals surface area contributed by atoms with Crippen molar-refractivity contribution < 1.29 is 4.79 Å². The van der Waals surface area contributed by atoms with Crippen LogP contribution in [-0.2, 0) is 12.1 Å². The van der Waals surface area contributed by atoms with Crippen molar-refractivity contribution in [1.82, 2.24) is 5.32 Å². The maximum Gasteiger partial charge on any atom is 0.252 e. The summed E-state index contributed by atoms with van der Waals surface area (Å²) in [5, 5.41) is 2.93. The molecule has 0 unspecified atom stereocenters. The largest absolute Gasteiger partial charge is 0.343 e. The number of fused-ring (bicyclic) bond motifs is 1. The van der Waals surface area contributed by atoms with Crippen molar-refractivity contribution in [2.45, 2.75) is 25.9 Å². The van der Waals surface area contributed by atoms with E-state index < -0.39 is 0 Å². The second-order valence-electron chi connectivity index (χ2n) is 4.16. The highest BCUT2D eigenvalue weighted by molar-refractivity contribution is 6.00. The van der Waals surface area contributed by atoms with Gasteiger partial charge in [0.1, 0.15) is 0 Å². The topological polar surface area (TPSA) is 55.1 Å². The highest BCUT2D eigenvalue weighted by atomic mass is 16.2. The molecule has 1 amide bonds. The Labute approximate surface area is 83.3 Å². The predicted molar refractivity (Wildman–Crippen MR) is 54.8 cm³/mol. The molecule has 14 heavy (non-hydrogen) atoms. The first-order valence-corrected chi connectivity index (χ1v) is 4.70. The highest BCUT2D eigenvalue weighted by Gasteiger charge is 2.34. The first-order valence-electron chi connectivity index (χ1n) is 4.70. The van der Waals surface area contributed by atoms with E-state index in [2.05, 4.69) is 5.32 Å². The Hall–Kier alpha value is -1.35. The normalized spacial score (nSPS) is 17.8. The number of rotatable bonds is 1. The summed E-state index contributed by atoms with van der Waals surface area (Å²) in [7, 11) is 0. The average molecular weight is 190 g/mol. The van der Waals surface area contributed by atoms with E-state index in [4.69, 9.17) is 5.73 Å². The lowest BCUT2D eigenvalue weighted by molar-refractivity contribution is 0.0940. The van der Waals surface area contributed by atoms with Gasteiger partial charge in [0.15, 0.2) is 0 Å². The highest BCUT2D eigenvalue weighted by Crippen LogP contribution is 2.30. The molecule has 0 saturated carbocycles. The van der Waals surface area contributed by atoms with Crippen molar-refractivity contribution in [3.8, 4) is 0 Å². The molecule has 0 aliphatic carbocycles. The Morgan fingerprint density at radius 2 is 2.14 bits per heavy atom. The quantitative estimate of drug-likeness (QED) is 0.697. The van der Waals surface area contributed by atoms with Gasteiger partial charge in [-0.1, -0.05) is 12.1 Å². The molecular formula is C11H14N2O. The van der Waals surface area contributed by atoms with Crippen LogP contribution in [0.3, 0.4) is 0 Å². The molecule has 1 heterocycles. The van der Waals surface area contributed by atoms with E-state index in [1.807, 2.05) is 32.0 Å². The third-order valence-corrected chi connectivity index (χ3v) is 2.66. The fraction of sp³-hybridized carbons (Fsp3) is 0.364. The standard InChI is InChI=1S/C11H14N2O/c1-11(2)9-4-3-7(6-12)5-8(9)10(14)13-11/h3-5H,6,12H2,1-2H3,(H,13,14). The minimum atomic E-state index is -0.250. The minimum Gasteiger partial charge on any atom is -0.343 e. The lowest BCUT2D eigenvalue weighted by Gasteiger charge is -2.18. The van der Waals surface area contributed by atoms with Gasteiger partial charge in [-0.2, -0.15) is 0 Å². The SMILES string of the molecule is CC1(C)NC(=O)c2cc(CN)ccc21. The van der Waals surface area contributed by atoms with E-state index in [1.54, 1.807) is 0 Å². The van der Waals surface area contributed by atoms with Crippen molar-refractivity contribution in [1.29, 1.82) is 0 Å². The Kier molecular flexibility index (Phi) is 1.86. The molecule has 0 radical (unpaired) electrons. The Morgan fingerprint density at radius 3 is 2.79 bits per heavy atom. The number of amides is 1. The van der Waals surface area contributed by atoms with Crippen LogP contribution in [0.5, 0.6) is 0 Å². The fourth-order valence-electron chi connectivity index (χ4n) is 1.87. The van der Waals surface area contributed by atoms with E-state index in [0.717, 1.165) is 16.7 Å². The number of benzene rings is 1. The zero-order chi connectivity index (χ0) is 10.3. The summed E-state index contributed by atoms with van der Waals surface area (Å²) in [5.74, 6) is 0.000278. The monoisotopic (exact) mass is 190 g/mol. The Bertz CT molecular complexity index is 396. The molecule has 0 atom stereocenters. The van der Waals surface area contributed by atoms with Crippen LogP contribution in [0.1, 0.15) is 35.3 Å². The van der Waals surface area contributed by atoms with Gasteiger partial charge in [-0.15, -0.1) is 0 Å². The van der Waals surface area contributed by atoms with Crippen LogP contribution in [0, 0.1) is 0 Å². The lowest BCUT2D eigenvalue weighted by Crippen LogP contribution is -2.32. The number of carbonyl (C=O) groups is 1. The molecule has 0 saturated heterocycles. The molecule has 3 nitrogen and oxygen atoms in total. The van der Waals surface area contributed by atoms with Crippen molar-refractivity contribution in [2.75, 3.05) is 0 Å². The number of carbonyl (C=O) groups excluding carboxylic acids is 1. The van der Waals surface area contributed by atoms with Crippen molar-refractivity contribution >= 4 is 5.91 Å². The van der Waals surface area contributed by atoms with Crippen molar-refractivity contribution in [3.05, 3.63) is 34.9 Å². The summed E-state index contributed by atoms with van der Waals surface area (Å²) in [6.07, 6.45) is 0. The molecular weight excluding hydrogens is 176 g/mol. The van der Waals surface area contributed by atoms with E-state index in [1.165, 1.54) is 0 Å². The fourth-order valence-corrected chi connectivity index (χ4v) is 1.87. The summed E-state index contributed by atoms with van der Waals surface area (Å²) in [5.41, 5.74) is 8.09. The first kappa shape index (κ1) is 9.21. The maximum atomic E-state index is 11.6. The molecule has 1 aromatic rings. The predicted octanol–water partition coefficient (Wildman–Crippen LogP) is 1.12. The van der Waals surface area contributed by atoms with Gasteiger partial charge in [0.2, 0.25) is 0 Å². The van der Waals surface area contributed by atoms with Gasteiger partial charge < -0.3 is 11.1 Å². The smallest absolute Gasteiger partial charge is 0.252 e. The number of hydrogen-bond donors (Lipinski definition) is 2. The molecule has 1 aliphatic rings. The zero-order valence-corrected chi connectivity index (χ0v) is 8.42. The second-order valence-corrected chi connectivity index (χ2v) is 4.16. The number of nitrogens with two attached hydrogens (primary N) is 1. The summed E-state index contributed by atoms with van der Waals surface area (Å²) < 4.78 is 0. The van der Waals surface area contributed by atoms with Gasteiger partial charge >= 0.3 is 0 Å². The molecule has 0 bridgehead atoms. The summed E-state index contributed by atoms with van der Waals surface area (Å²) in [6, 6.07) is 5.83. The van der Waals surface area contributed by atoms with Gasteiger partial charge in [-0.25, -0.2) is 0 Å². The van der Waals surface area contributed by atoms with Crippen LogP contribution in [0.15, 0.2) is 18.2 Å². The van der Waals surface area contributed by atoms with E-state index in [-0.39, 0.29) is 11.4 Å². The van der Waals surface area contributed by atoms with Crippen LogP contribution in [0.2, 0.25) is 0 Å². The molecule has 0 spiro atoms. The summed E-state index contributed by atoms with van der Waals surface area (Å²) >= 11 is 0. The van der Waals surface area contributed by atoms with Crippen LogP contribution >= 0.6 is 0 Å². The van der Waals surface area contributed by atoms with E-state index in [0.29, 0.717) is 6.54 Å². The molecule has 0 aromatic heterocycles. The number of nitrogens with one attached hydrogen (secondary N) is 1. The van der Waals surface area contributed by atoms with Gasteiger partial charge in [0.25, 0.3) is 5.91 Å². The molecule has 1 aromatic carbocycles. The molecule has 3 heteroatoms. The molecule has 2 rings (SSSR count). The van der Waals surface area contributed by atoms with Crippen LogP contribution in [0.25, 0.3) is 0 Å². The average Bonchev–Trinajstić information content (AvgIpc) is 2.37. The molecule has 3 N–H and O–H groups in total. The van der Waals surface area contributed by atoms with Gasteiger partial charge in [0, 0.05) is 12.1 Å². The minimum absolute atomic E-state index is 0.000278. The van der Waals surface area contributed by atoms with Crippen molar-refractivity contribution in [3.63, 3.8) is 0 Å². The lowest BCUT2D eigenvalue weighted by atomic mass is 9.93. The van der Waals surface area contributed by atoms with Gasteiger partial charge in [-0.05, 0) is 31.0 Å². The summed E-state index contributed by atoms with van der Waals surface area (Å²) in [4.78, 5) is 11.6. The Morgan fingerprint density at radius 1 is 1.43 bits per heavy atom. The van der Waals surface area contributed by atoms with Crippen molar-refractivity contribution in [2.24, 2.45) is 5.73 Å². The molecule has 1 aliphatic heterocycles. The molecule has 0 fully saturated rings. The third-order valence-electron chi connectivity index (χ3n) is 2.66. The zero-order valence-electron chi connectivity index (χ0n) is 8.42. The van der Waals surface area contributed by atoms with Crippen LogP contribution < -0.4 is 11.1 Å². The van der Waals surface area contributed by atoms with Gasteiger partial charge in [0.05, 0.1) is 5.54 Å².